The first-order valence-electron chi connectivity index (χ1n) is 18.0. The lowest BCUT2D eigenvalue weighted by Crippen LogP contribution is -2.32. The molecule has 2 aromatic heterocycles. The Morgan fingerprint density at radius 2 is 1.29 bits per heavy atom. The highest BCUT2D eigenvalue weighted by Gasteiger charge is 2.20. The SMILES string of the molecule is C1=CC(n2c3ccc(-c4cc(-c5ccc(-c6ccc7c(c6)CCC=C7)cc5)c5c(n4)=CCCC=5)cc3c3c4c(ccc32)CCC=C4)=CCC1. The predicted octanol–water partition coefficient (Wildman–Crippen LogP) is 10.7. The van der Waals surface area contributed by atoms with Gasteiger partial charge in [0.25, 0.3) is 0 Å². The molecule has 0 saturated heterocycles. The minimum atomic E-state index is 1.03. The summed E-state index contributed by atoms with van der Waals surface area (Å²) in [6.45, 7) is 0. The van der Waals surface area contributed by atoms with E-state index < -0.39 is 0 Å². The van der Waals surface area contributed by atoms with E-state index in [9.17, 15) is 0 Å². The topological polar surface area (TPSA) is 17.8 Å². The summed E-state index contributed by atoms with van der Waals surface area (Å²) >= 11 is 0. The van der Waals surface area contributed by atoms with Crippen molar-refractivity contribution in [2.24, 2.45) is 0 Å². The summed E-state index contributed by atoms with van der Waals surface area (Å²) in [5, 5.41) is 5.02. The Bertz CT molecular complexity index is 2580. The van der Waals surface area contributed by atoms with Crippen LogP contribution in [0.2, 0.25) is 0 Å². The highest BCUT2D eigenvalue weighted by molar-refractivity contribution is 6.15. The fourth-order valence-electron chi connectivity index (χ4n) is 8.47. The van der Waals surface area contributed by atoms with Gasteiger partial charge < -0.3 is 4.57 Å². The molecular weight excluding hydrogens is 593 g/mol. The number of hydrogen-bond donors (Lipinski definition) is 0. The van der Waals surface area contributed by atoms with E-state index in [1.165, 1.54) is 82.8 Å². The summed E-state index contributed by atoms with van der Waals surface area (Å²) < 4.78 is 2.47. The van der Waals surface area contributed by atoms with Crippen LogP contribution in [0.25, 0.3) is 85.3 Å². The molecule has 236 valence electrons. The number of allylic oxidation sites excluding steroid dienone is 6. The van der Waals surface area contributed by atoms with E-state index >= 15 is 0 Å². The first-order chi connectivity index (χ1) is 24.3. The third kappa shape index (κ3) is 4.81. The minimum Gasteiger partial charge on any atom is -0.310 e. The van der Waals surface area contributed by atoms with Crippen molar-refractivity contribution >= 4 is 51.8 Å². The monoisotopic (exact) mass is 630 g/mol. The average Bonchev–Trinajstić information content (AvgIpc) is 3.52. The third-order valence-corrected chi connectivity index (χ3v) is 10.9. The molecule has 0 spiro atoms. The summed E-state index contributed by atoms with van der Waals surface area (Å²) in [4.78, 5) is 5.31. The Morgan fingerprint density at radius 1 is 0.531 bits per heavy atom. The van der Waals surface area contributed by atoms with Crippen molar-refractivity contribution in [3.8, 4) is 33.5 Å². The maximum atomic E-state index is 5.31. The maximum Gasteiger partial charge on any atom is 0.0716 e. The molecule has 6 aromatic rings. The molecule has 0 bridgehead atoms. The van der Waals surface area contributed by atoms with Gasteiger partial charge in [0.15, 0.2) is 0 Å². The van der Waals surface area contributed by atoms with Gasteiger partial charge in [-0.05, 0) is 126 Å². The van der Waals surface area contributed by atoms with Crippen molar-refractivity contribution in [2.45, 2.75) is 51.4 Å². The standard InChI is InChI=1S/C47H38N2/c1-2-13-38(14-3-1)49-45-26-25-37(29-42(45)47-39-15-7-6-11-33(39)24-27-46(47)49)44-30-41(40-16-8-9-17-43(40)48-44)34-21-18-32(19-22-34)36-23-20-31-10-4-5-12-35(31)28-36/h2,4,7,10,13-30H,1,3,5-6,8-9,11-12H2. The summed E-state index contributed by atoms with van der Waals surface area (Å²) in [6, 6.07) is 30.1. The van der Waals surface area contributed by atoms with Crippen molar-refractivity contribution in [3.05, 3.63) is 142 Å². The zero-order valence-electron chi connectivity index (χ0n) is 27.8. The number of aryl methyl sites for hydroxylation is 2. The van der Waals surface area contributed by atoms with Crippen LogP contribution in [0.3, 0.4) is 0 Å². The van der Waals surface area contributed by atoms with Crippen molar-refractivity contribution < 1.29 is 0 Å². The number of pyridine rings is 1. The second kappa shape index (κ2) is 11.6. The van der Waals surface area contributed by atoms with Crippen LogP contribution in [0.15, 0.2) is 109 Å². The van der Waals surface area contributed by atoms with E-state index in [0.29, 0.717) is 0 Å². The van der Waals surface area contributed by atoms with Gasteiger partial charge in [-0.2, -0.15) is 0 Å². The van der Waals surface area contributed by atoms with Crippen LogP contribution in [-0.4, -0.2) is 9.55 Å². The lowest BCUT2D eigenvalue weighted by molar-refractivity contribution is 0.986. The number of hydrogen-bond acceptors (Lipinski definition) is 1. The molecule has 49 heavy (non-hydrogen) atoms. The molecular formula is C47H38N2. The van der Waals surface area contributed by atoms with Gasteiger partial charge in [0.1, 0.15) is 0 Å². The number of fused-ring (bicyclic) bond motifs is 7. The van der Waals surface area contributed by atoms with Crippen LogP contribution in [0.1, 0.15) is 60.8 Å². The number of aromatic nitrogens is 2. The zero-order valence-corrected chi connectivity index (χ0v) is 27.8. The predicted molar refractivity (Wildman–Crippen MR) is 208 cm³/mol. The minimum absolute atomic E-state index is 1.03. The van der Waals surface area contributed by atoms with Crippen molar-refractivity contribution in [1.82, 2.24) is 9.55 Å². The molecule has 2 heterocycles. The molecule has 4 aliphatic rings. The van der Waals surface area contributed by atoms with Gasteiger partial charge in [0.05, 0.1) is 22.1 Å². The van der Waals surface area contributed by atoms with Gasteiger partial charge in [-0.15, -0.1) is 0 Å². The zero-order chi connectivity index (χ0) is 32.3. The van der Waals surface area contributed by atoms with Crippen molar-refractivity contribution in [1.29, 1.82) is 0 Å². The van der Waals surface area contributed by atoms with Gasteiger partial charge >= 0.3 is 0 Å². The Labute approximate surface area is 287 Å². The van der Waals surface area contributed by atoms with E-state index in [2.05, 4.69) is 138 Å². The number of rotatable bonds is 4. The van der Waals surface area contributed by atoms with Gasteiger partial charge in [0.2, 0.25) is 0 Å². The number of nitrogens with zero attached hydrogens (tertiary/aromatic N) is 2. The van der Waals surface area contributed by atoms with Crippen LogP contribution in [0.4, 0.5) is 0 Å². The number of benzene rings is 4. The highest BCUT2D eigenvalue weighted by atomic mass is 15.0. The second-order valence-electron chi connectivity index (χ2n) is 13.9. The fourth-order valence-corrected chi connectivity index (χ4v) is 8.47. The molecule has 0 fully saturated rings. The van der Waals surface area contributed by atoms with Crippen molar-refractivity contribution in [3.63, 3.8) is 0 Å². The maximum absolute atomic E-state index is 5.31. The highest BCUT2D eigenvalue weighted by Crippen LogP contribution is 2.40. The van der Waals surface area contributed by atoms with Gasteiger partial charge in [-0.1, -0.05) is 103 Å². The largest absolute Gasteiger partial charge is 0.310 e. The quantitative estimate of drug-likeness (QED) is 0.190. The summed E-state index contributed by atoms with van der Waals surface area (Å²) in [7, 11) is 0. The Hall–Kier alpha value is -5.47. The molecule has 0 atom stereocenters. The smallest absolute Gasteiger partial charge is 0.0716 e. The second-order valence-corrected chi connectivity index (χ2v) is 13.9. The van der Waals surface area contributed by atoms with Crippen LogP contribution in [-0.2, 0) is 12.8 Å². The van der Waals surface area contributed by atoms with Crippen LogP contribution in [0.5, 0.6) is 0 Å². The lowest BCUT2D eigenvalue weighted by Gasteiger charge is -2.14. The Kier molecular flexibility index (Phi) is 6.75. The molecule has 4 aliphatic carbocycles. The molecule has 0 saturated carbocycles. The molecule has 0 radical (unpaired) electrons. The van der Waals surface area contributed by atoms with Gasteiger partial charge in [0, 0.05) is 27.3 Å². The van der Waals surface area contributed by atoms with E-state index in [4.69, 9.17) is 4.98 Å². The van der Waals surface area contributed by atoms with Crippen LogP contribution >= 0.6 is 0 Å². The Balaban J connectivity index is 1.12. The molecule has 0 N–H and O–H groups in total. The van der Waals surface area contributed by atoms with Gasteiger partial charge in [-0.3, -0.25) is 0 Å². The van der Waals surface area contributed by atoms with Crippen LogP contribution < -0.4 is 10.6 Å². The summed E-state index contributed by atoms with van der Waals surface area (Å²) in [5.74, 6) is 0. The van der Waals surface area contributed by atoms with E-state index in [0.717, 1.165) is 62.4 Å². The van der Waals surface area contributed by atoms with E-state index in [1.807, 2.05) is 0 Å². The van der Waals surface area contributed by atoms with Crippen molar-refractivity contribution in [2.75, 3.05) is 0 Å². The molecule has 10 rings (SSSR count). The normalized spacial score (nSPS) is 16.1. The Morgan fingerprint density at radius 3 is 2.18 bits per heavy atom. The third-order valence-electron chi connectivity index (χ3n) is 10.9. The average molecular weight is 631 g/mol. The molecule has 2 heteroatoms. The summed E-state index contributed by atoms with van der Waals surface area (Å²) in [5.41, 5.74) is 16.7. The molecule has 0 amide bonds. The fraction of sp³-hybridized carbons (Fsp3) is 0.170. The van der Waals surface area contributed by atoms with Crippen LogP contribution in [0, 0.1) is 0 Å². The first-order valence-corrected chi connectivity index (χ1v) is 18.0. The lowest BCUT2D eigenvalue weighted by atomic mass is 9.92. The van der Waals surface area contributed by atoms with Gasteiger partial charge in [-0.25, -0.2) is 4.98 Å². The molecule has 2 nitrogen and oxygen atoms in total. The first kappa shape index (κ1) is 28.5. The molecule has 0 aliphatic heterocycles. The van der Waals surface area contributed by atoms with E-state index in [1.54, 1.807) is 0 Å². The summed E-state index contributed by atoms with van der Waals surface area (Å²) in [6.07, 6.45) is 29.7. The molecule has 4 aromatic carbocycles. The van der Waals surface area contributed by atoms with E-state index in [-0.39, 0.29) is 0 Å². The molecule has 0 unspecified atom stereocenters.